The number of likely N-dealkylation sites (N-methyl/N-ethyl adjacent to an activating group) is 2. The standard InChI is InChI=1S/C22H26N6O/c1-27(11-9-20-8-3-4-10-24-20)22-25-14-19(15-26-22)18-7-5-6-17(12-18)16-28(2)21(29)13-23/h3-8,10,12,14-15H,9,11,13,16,23H2,1-2H3. The highest BCUT2D eigenvalue weighted by molar-refractivity contribution is 5.77. The molecule has 29 heavy (non-hydrogen) atoms. The molecule has 0 radical (unpaired) electrons. The Kier molecular flexibility index (Phi) is 6.86. The maximum atomic E-state index is 11.7. The fourth-order valence-corrected chi connectivity index (χ4v) is 2.96. The van der Waals surface area contributed by atoms with Crippen LogP contribution < -0.4 is 10.6 Å². The van der Waals surface area contributed by atoms with Crippen LogP contribution in [0.15, 0.2) is 61.1 Å². The summed E-state index contributed by atoms with van der Waals surface area (Å²) in [5, 5.41) is 0. The Morgan fingerprint density at radius 2 is 1.79 bits per heavy atom. The van der Waals surface area contributed by atoms with E-state index in [1.807, 2.05) is 66.8 Å². The molecule has 3 rings (SSSR count). The third kappa shape index (κ3) is 5.58. The number of aromatic nitrogens is 3. The van der Waals surface area contributed by atoms with Crippen molar-refractivity contribution in [3.05, 3.63) is 72.3 Å². The van der Waals surface area contributed by atoms with Gasteiger partial charge in [-0.1, -0.05) is 24.3 Å². The average Bonchev–Trinajstić information content (AvgIpc) is 2.77. The van der Waals surface area contributed by atoms with E-state index in [1.165, 1.54) is 0 Å². The van der Waals surface area contributed by atoms with Gasteiger partial charge >= 0.3 is 0 Å². The number of nitrogens with zero attached hydrogens (tertiary/aromatic N) is 5. The van der Waals surface area contributed by atoms with E-state index >= 15 is 0 Å². The number of pyridine rings is 1. The van der Waals surface area contributed by atoms with Crippen molar-refractivity contribution in [1.82, 2.24) is 19.9 Å². The molecule has 0 spiro atoms. The number of carbonyl (C=O) groups excluding carboxylic acids is 1. The molecule has 3 aromatic rings. The van der Waals surface area contributed by atoms with Crippen LogP contribution in [0.1, 0.15) is 11.3 Å². The summed E-state index contributed by atoms with van der Waals surface area (Å²) in [6.07, 6.45) is 6.29. The van der Waals surface area contributed by atoms with Crippen molar-refractivity contribution in [2.24, 2.45) is 5.73 Å². The lowest BCUT2D eigenvalue weighted by Crippen LogP contribution is -2.32. The van der Waals surface area contributed by atoms with Crippen molar-refractivity contribution in [2.75, 3.05) is 32.1 Å². The maximum Gasteiger partial charge on any atom is 0.236 e. The number of hydrogen-bond donors (Lipinski definition) is 1. The molecule has 1 aromatic carbocycles. The zero-order chi connectivity index (χ0) is 20.6. The molecule has 7 nitrogen and oxygen atoms in total. The van der Waals surface area contributed by atoms with E-state index in [9.17, 15) is 4.79 Å². The smallest absolute Gasteiger partial charge is 0.236 e. The van der Waals surface area contributed by atoms with Gasteiger partial charge in [0.1, 0.15) is 0 Å². The number of anilines is 1. The van der Waals surface area contributed by atoms with Crippen LogP contribution in [-0.4, -0.2) is 52.9 Å². The molecule has 0 unspecified atom stereocenters. The highest BCUT2D eigenvalue weighted by Gasteiger charge is 2.09. The van der Waals surface area contributed by atoms with Crippen molar-refractivity contribution in [2.45, 2.75) is 13.0 Å². The third-order valence-electron chi connectivity index (χ3n) is 4.69. The molecular weight excluding hydrogens is 364 g/mol. The van der Waals surface area contributed by atoms with Crippen LogP contribution in [0.2, 0.25) is 0 Å². The van der Waals surface area contributed by atoms with Gasteiger partial charge in [-0.2, -0.15) is 0 Å². The average molecular weight is 390 g/mol. The van der Waals surface area contributed by atoms with E-state index in [4.69, 9.17) is 5.73 Å². The first-order valence-electron chi connectivity index (χ1n) is 9.53. The Bertz CT molecular complexity index is 930. The van der Waals surface area contributed by atoms with Crippen molar-refractivity contribution in [3.8, 4) is 11.1 Å². The van der Waals surface area contributed by atoms with Crippen LogP contribution in [0, 0.1) is 0 Å². The highest BCUT2D eigenvalue weighted by Crippen LogP contribution is 2.21. The summed E-state index contributed by atoms with van der Waals surface area (Å²) in [7, 11) is 3.73. The SMILES string of the molecule is CN(Cc1cccc(-c2cnc(N(C)CCc3ccccn3)nc2)c1)C(=O)CN. The van der Waals surface area contributed by atoms with Gasteiger partial charge < -0.3 is 15.5 Å². The molecule has 150 valence electrons. The summed E-state index contributed by atoms with van der Waals surface area (Å²) in [5.41, 5.74) is 9.45. The van der Waals surface area contributed by atoms with Crippen LogP contribution in [-0.2, 0) is 17.8 Å². The molecule has 0 aliphatic rings. The Hall–Kier alpha value is -3.32. The molecule has 0 fully saturated rings. The van der Waals surface area contributed by atoms with Crippen LogP contribution in [0.5, 0.6) is 0 Å². The van der Waals surface area contributed by atoms with Gasteiger partial charge in [0.15, 0.2) is 0 Å². The number of benzene rings is 1. The molecule has 0 bridgehead atoms. The Morgan fingerprint density at radius 3 is 2.48 bits per heavy atom. The van der Waals surface area contributed by atoms with Gasteiger partial charge in [-0.15, -0.1) is 0 Å². The Labute approximate surface area is 171 Å². The zero-order valence-corrected chi connectivity index (χ0v) is 16.8. The van der Waals surface area contributed by atoms with Crippen molar-refractivity contribution in [3.63, 3.8) is 0 Å². The van der Waals surface area contributed by atoms with Crippen LogP contribution >= 0.6 is 0 Å². The summed E-state index contributed by atoms with van der Waals surface area (Å²) in [4.78, 5) is 28.7. The predicted molar refractivity (Wildman–Crippen MR) is 114 cm³/mol. The molecule has 2 heterocycles. The highest BCUT2D eigenvalue weighted by atomic mass is 16.2. The topological polar surface area (TPSA) is 88.2 Å². The summed E-state index contributed by atoms with van der Waals surface area (Å²) >= 11 is 0. The van der Waals surface area contributed by atoms with Crippen molar-refractivity contribution in [1.29, 1.82) is 0 Å². The molecule has 0 atom stereocenters. The van der Waals surface area contributed by atoms with E-state index in [1.54, 1.807) is 18.1 Å². The first-order chi connectivity index (χ1) is 14.1. The summed E-state index contributed by atoms with van der Waals surface area (Å²) in [6.45, 7) is 1.31. The minimum absolute atomic E-state index is 0.0132. The number of rotatable bonds is 8. The molecule has 0 saturated heterocycles. The fourth-order valence-electron chi connectivity index (χ4n) is 2.96. The third-order valence-corrected chi connectivity index (χ3v) is 4.69. The lowest BCUT2D eigenvalue weighted by atomic mass is 10.1. The lowest BCUT2D eigenvalue weighted by Gasteiger charge is -2.17. The molecule has 2 aromatic heterocycles. The van der Waals surface area contributed by atoms with Gasteiger partial charge in [-0.05, 0) is 29.3 Å². The molecule has 0 saturated carbocycles. The van der Waals surface area contributed by atoms with E-state index in [-0.39, 0.29) is 12.5 Å². The number of carbonyl (C=O) groups is 1. The summed E-state index contributed by atoms with van der Waals surface area (Å²) in [6, 6.07) is 13.9. The molecular formula is C22H26N6O. The molecule has 0 aliphatic carbocycles. The Morgan fingerprint density at radius 1 is 1.00 bits per heavy atom. The predicted octanol–water partition coefficient (Wildman–Crippen LogP) is 2.13. The van der Waals surface area contributed by atoms with Gasteiger partial charge in [-0.25, -0.2) is 9.97 Å². The fraction of sp³-hybridized carbons (Fsp3) is 0.273. The van der Waals surface area contributed by atoms with E-state index in [0.717, 1.165) is 35.3 Å². The van der Waals surface area contributed by atoms with E-state index in [2.05, 4.69) is 15.0 Å². The number of nitrogens with two attached hydrogens (primary N) is 1. The zero-order valence-electron chi connectivity index (χ0n) is 16.8. The van der Waals surface area contributed by atoms with Crippen LogP contribution in [0.25, 0.3) is 11.1 Å². The van der Waals surface area contributed by atoms with Gasteiger partial charge in [0.05, 0.1) is 6.54 Å². The monoisotopic (exact) mass is 390 g/mol. The van der Waals surface area contributed by atoms with Crippen LogP contribution in [0.4, 0.5) is 5.95 Å². The van der Waals surface area contributed by atoms with E-state index < -0.39 is 0 Å². The first kappa shape index (κ1) is 20.4. The number of hydrogen-bond acceptors (Lipinski definition) is 6. The minimum atomic E-state index is -0.0863. The summed E-state index contributed by atoms with van der Waals surface area (Å²) in [5.74, 6) is 0.589. The van der Waals surface area contributed by atoms with Gasteiger partial charge in [-0.3, -0.25) is 9.78 Å². The van der Waals surface area contributed by atoms with E-state index in [0.29, 0.717) is 12.5 Å². The second-order valence-electron chi connectivity index (χ2n) is 6.92. The Balaban J connectivity index is 1.65. The minimum Gasteiger partial charge on any atom is -0.343 e. The largest absolute Gasteiger partial charge is 0.343 e. The molecule has 1 amide bonds. The lowest BCUT2D eigenvalue weighted by molar-refractivity contribution is -0.128. The maximum absolute atomic E-state index is 11.7. The normalized spacial score (nSPS) is 10.6. The summed E-state index contributed by atoms with van der Waals surface area (Å²) < 4.78 is 0. The van der Waals surface area contributed by atoms with Gasteiger partial charge in [0, 0.05) is 63.5 Å². The van der Waals surface area contributed by atoms with Gasteiger partial charge in [0.25, 0.3) is 0 Å². The first-order valence-corrected chi connectivity index (χ1v) is 9.53. The van der Waals surface area contributed by atoms with Gasteiger partial charge in [0.2, 0.25) is 11.9 Å². The molecule has 7 heteroatoms. The van der Waals surface area contributed by atoms with Crippen LogP contribution in [0.3, 0.4) is 0 Å². The second-order valence-corrected chi connectivity index (χ2v) is 6.92. The second kappa shape index (κ2) is 9.75. The molecule has 0 aliphatic heterocycles. The quantitative estimate of drug-likeness (QED) is 0.634. The molecule has 2 N–H and O–H groups in total. The number of amides is 1. The van der Waals surface area contributed by atoms with Crippen molar-refractivity contribution >= 4 is 11.9 Å². The van der Waals surface area contributed by atoms with Crippen molar-refractivity contribution < 1.29 is 4.79 Å².